The predicted molar refractivity (Wildman–Crippen MR) is 83.7 cm³/mol. The van der Waals surface area contributed by atoms with Crippen LogP contribution in [0, 0.1) is 0 Å². The number of ether oxygens (including phenoxy) is 1. The summed E-state index contributed by atoms with van der Waals surface area (Å²) in [6.07, 6.45) is 6.53. The molecule has 0 unspecified atom stereocenters. The smallest absolute Gasteiger partial charge is 0.328 e. The molecule has 0 aromatic heterocycles. The lowest BCUT2D eigenvalue weighted by Crippen LogP contribution is -2.20. The number of hydrogen-bond acceptors (Lipinski definition) is 4. The third-order valence-electron chi connectivity index (χ3n) is 2.75. The van der Waals surface area contributed by atoms with Crippen molar-refractivity contribution < 1.29 is 24.5 Å². The van der Waals surface area contributed by atoms with E-state index in [4.69, 9.17) is 9.84 Å². The van der Waals surface area contributed by atoms with Crippen LogP contribution in [0.25, 0.3) is 12.2 Å². The Morgan fingerprint density at radius 3 is 2.64 bits per heavy atom. The third-order valence-corrected chi connectivity index (χ3v) is 2.75. The van der Waals surface area contributed by atoms with Gasteiger partial charge in [-0.3, -0.25) is 4.79 Å². The van der Waals surface area contributed by atoms with E-state index in [1.807, 2.05) is 0 Å². The lowest BCUT2D eigenvalue weighted by atomic mass is 10.1. The first-order valence-corrected chi connectivity index (χ1v) is 6.67. The molecule has 0 radical (unpaired) electrons. The van der Waals surface area contributed by atoms with E-state index in [9.17, 15) is 14.7 Å². The monoisotopic (exact) mass is 305 g/mol. The quantitative estimate of drug-likeness (QED) is 0.529. The van der Waals surface area contributed by atoms with Crippen LogP contribution in [0.5, 0.6) is 11.5 Å². The second-order valence-corrected chi connectivity index (χ2v) is 4.51. The number of nitrogens with one attached hydrogen (secondary N) is 1. The van der Waals surface area contributed by atoms with E-state index in [0.717, 1.165) is 6.08 Å². The molecule has 6 heteroatoms. The highest BCUT2D eigenvalue weighted by Crippen LogP contribution is 2.32. The molecule has 1 rings (SSSR count). The molecule has 0 bridgehead atoms. The number of benzene rings is 1. The first-order valence-electron chi connectivity index (χ1n) is 6.67. The van der Waals surface area contributed by atoms with Crippen molar-refractivity contribution in [2.24, 2.45) is 0 Å². The van der Waals surface area contributed by atoms with Crippen molar-refractivity contribution >= 4 is 24.0 Å². The van der Waals surface area contributed by atoms with Crippen LogP contribution in [0.3, 0.4) is 0 Å². The molecule has 118 valence electrons. The Morgan fingerprint density at radius 1 is 1.32 bits per heavy atom. The fraction of sp³-hybridized carbons (Fsp3) is 0.250. The summed E-state index contributed by atoms with van der Waals surface area (Å²) in [5.41, 5.74) is 1.10. The molecule has 0 saturated heterocycles. The fourth-order valence-corrected chi connectivity index (χ4v) is 1.74. The van der Waals surface area contributed by atoms with Crippen molar-refractivity contribution in [3.05, 3.63) is 35.4 Å². The van der Waals surface area contributed by atoms with Crippen LogP contribution < -0.4 is 10.1 Å². The van der Waals surface area contributed by atoms with Gasteiger partial charge in [0, 0.05) is 25.1 Å². The Morgan fingerprint density at radius 2 is 2.05 bits per heavy atom. The number of hydrogen-bond donors (Lipinski definition) is 3. The Balaban J connectivity index is 2.92. The number of carbonyl (C=O) groups is 2. The minimum absolute atomic E-state index is 0.0225. The number of carboxylic acid groups (broad SMARTS) is 1. The van der Waals surface area contributed by atoms with Gasteiger partial charge < -0.3 is 20.3 Å². The molecular formula is C16H19NO5. The van der Waals surface area contributed by atoms with Gasteiger partial charge in [-0.15, -0.1) is 0 Å². The molecule has 0 fully saturated rings. The highest BCUT2D eigenvalue weighted by molar-refractivity contribution is 5.85. The van der Waals surface area contributed by atoms with E-state index in [2.05, 4.69) is 5.32 Å². The van der Waals surface area contributed by atoms with Gasteiger partial charge >= 0.3 is 5.97 Å². The van der Waals surface area contributed by atoms with E-state index < -0.39 is 5.97 Å². The zero-order valence-corrected chi connectivity index (χ0v) is 12.5. The number of carbonyl (C=O) groups excluding carboxylic acids is 1. The standard InChI is InChI=1S/C16H19NO5/c1-11(18)17-8-4-3-5-13-9-12(6-7-15(19)20)10-14(22-2)16(13)21/h3,5-7,9-10,21H,4,8H2,1-2H3,(H,17,18)(H,19,20). The van der Waals surface area contributed by atoms with Gasteiger partial charge in [-0.05, 0) is 30.2 Å². The summed E-state index contributed by atoms with van der Waals surface area (Å²) in [5, 5.41) is 21.4. The molecule has 0 heterocycles. The van der Waals surface area contributed by atoms with Crippen molar-refractivity contribution in [2.45, 2.75) is 13.3 Å². The zero-order chi connectivity index (χ0) is 16.5. The molecule has 0 aliphatic heterocycles. The van der Waals surface area contributed by atoms with Crippen LogP contribution in [0.1, 0.15) is 24.5 Å². The average Bonchev–Trinajstić information content (AvgIpc) is 2.46. The van der Waals surface area contributed by atoms with E-state index in [1.165, 1.54) is 20.1 Å². The van der Waals surface area contributed by atoms with Crippen LogP contribution in [-0.2, 0) is 9.59 Å². The second-order valence-electron chi connectivity index (χ2n) is 4.51. The minimum atomic E-state index is -1.06. The van der Waals surface area contributed by atoms with Gasteiger partial charge in [0.1, 0.15) is 0 Å². The molecule has 0 aliphatic rings. The molecule has 6 nitrogen and oxygen atoms in total. The molecule has 0 saturated carbocycles. The number of phenolic OH excluding ortho intramolecular Hbond substituents is 1. The molecule has 1 aromatic carbocycles. The topological polar surface area (TPSA) is 95.9 Å². The van der Waals surface area contributed by atoms with Crippen LogP contribution in [-0.4, -0.2) is 35.7 Å². The van der Waals surface area contributed by atoms with E-state index in [0.29, 0.717) is 24.1 Å². The summed E-state index contributed by atoms with van der Waals surface area (Å²) in [5.74, 6) is -0.919. The van der Waals surface area contributed by atoms with Crippen LogP contribution in [0.15, 0.2) is 24.3 Å². The lowest BCUT2D eigenvalue weighted by Gasteiger charge is -2.08. The summed E-state index contributed by atoms with van der Waals surface area (Å²) < 4.78 is 5.07. The first kappa shape index (κ1) is 17.3. The number of phenols is 1. The fourth-order valence-electron chi connectivity index (χ4n) is 1.74. The van der Waals surface area contributed by atoms with E-state index >= 15 is 0 Å². The van der Waals surface area contributed by atoms with E-state index in [1.54, 1.807) is 24.3 Å². The number of methoxy groups -OCH3 is 1. The van der Waals surface area contributed by atoms with Gasteiger partial charge in [0.2, 0.25) is 5.91 Å². The zero-order valence-electron chi connectivity index (χ0n) is 12.5. The number of aliphatic carboxylic acids is 1. The number of rotatable bonds is 7. The van der Waals surface area contributed by atoms with Crippen molar-refractivity contribution in [2.75, 3.05) is 13.7 Å². The summed E-state index contributed by atoms with van der Waals surface area (Å²) in [7, 11) is 1.42. The third kappa shape index (κ3) is 5.70. The van der Waals surface area contributed by atoms with Crippen molar-refractivity contribution in [3.63, 3.8) is 0 Å². The minimum Gasteiger partial charge on any atom is -0.504 e. The van der Waals surface area contributed by atoms with Crippen LogP contribution in [0.2, 0.25) is 0 Å². The molecule has 3 N–H and O–H groups in total. The normalized spacial score (nSPS) is 11.0. The van der Waals surface area contributed by atoms with Crippen molar-refractivity contribution in [1.29, 1.82) is 0 Å². The Labute approximate surface area is 128 Å². The highest BCUT2D eigenvalue weighted by Gasteiger charge is 2.07. The van der Waals surface area contributed by atoms with Gasteiger partial charge in [0.05, 0.1) is 7.11 Å². The van der Waals surface area contributed by atoms with Crippen molar-refractivity contribution in [1.82, 2.24) is 5.32 Å². The molecule has 0 aliphatic carbocycles. The summed E-state index contributed by atoms with van der Waals surface area (Å²) in [4.78, 5) is 21.3. The van der Waals surface area contributed by atoms with Gasteiger partial charge in [-0.25, -0.2) is 4.79 Å². The summed E-state index contributed by atoms with van der Waals surface area (Å²) >= 11 is 0. The second kappa shape index (κ2) is 8.51. The maximum atomic E-state index is 10.7. The first-order chi connectivity index (χ1) is 10.4. The van der Waals surface area contributed by atoms with Gasteiger partial charge in [-0.1, -0.05) is 12.2 Å². The van der Waals surface area contributed by atoms with Crippen molar-refractivity contribution in [3.8, 4) is 11.5 Å². The Kier molecular flexibility index (Phi) is 6.69. The molecule has 22 heavy (non-hydrogen) atoms. The molecule has 0 atom stereocenters. The average molecular weight is 305 g/mol. The van der Waals surface area contributed by atoms with Gasteiger partial charge in [-0.2, -0.15) is 0 Å². The molecule has 1 amide bonds. The van der Waals surface area contributed by atoms with Crippen LogP contribution in [0.4, 0.5) is 0 Å². The highest BCUT2D eigenvalue weighted by atomic mass is 16.5. The van der Waals surface area contributed by atoms with Crippen LogP contribution >= 0.6 is 0 Å². The molecule has 1 aromatic rings. The Hall–Kier alpha value is -2.76. The molecule has 0 spiro atoms. The summed E-state index contributed by atoms with van der Waals surface area (Å²) in [6.45, 7) is 1.95. The number of carboxylic acids is 1. The van der Waals surface area contributed by atoms with E-state index in [-0.39, 0.29) is 17.4 Å². The SMILES string of the molecule is COc1cc(C=CC(=O)O)cc(C=CCCNC(C)=O)c1O. The molecular weight excluding hydrogens is 286 g/mol. The van der Waals surface area contributed by atoms with Gasteiger partial charge in [0.25, 0.3) is 0 Å². The van der Waals surface area contributed by atoms with Gasteiger partial charge in [0.15, 0.2) is 11.5 Å². The number of amides is 1. The maximum Gasteiger partial charge on any atom is 0.328 e. The number of aromatic hydroxyl groups is 1. The maximum absolute atomic E-state index is 10.7. The largest absolute Gasteiger partial charge is 0.504 e. The lowest BCUT2D eigenvalue weighted by molar-refractivity contribution is -0.131. The predicted octanol–water partition coefficient (Wildman–Crippen LogP) is 2.04. The Bertz CT molecular complexity index is 605. The summed E-state index contributed by atoms with van der Waals surface area (Å²) in [6, 6.07) is 3.19.